The first kappa shape index (κ1) is 11.1. The molecule has 2 unspecified atom stereocenters. The molecule has 0 bridgehead atoms. The number of hydrogen-bond acceptors (Lipinski definition) is 4. The van der Waals surface area contributed by atoms with Crippen molar-refractivity contribution in [3.05, 3.63) is 16.4 Å². The van der Waals surface area contributed by atoms with Gasteiger partial charge in [0.05, 0.1) is 28.5 Å². The van der Waals surface area contributed by atoms with Crippen molar-refractivity contribution in [3.8, 4) is 0 Å². The van der Waals surface area contributed by atoms with Gasteiger partial charge in [0, 0.05) is 13.7 Å². The third kappa shape index (κ3) is 2.08. The average molecular weight is 275 g/mol. The minimum absolute atomic E-state index is 0.00521. The van der Waals surface area contributed by atoms with E-state index < -0.39 is 0 Å². The van der Waals surface area contributed by atoms with E-state index in [1.807, 2.05) is 11.7 Å². The molecule has 5 nitrogen and oxygen atoms in total. The Morgan fingerprint density at radius 1 is 1.80 bits per heavy atom. The van der Waals surface area contributed by atoms with E-state index in [1.54, 1.807) is 6.20 Å². The van der Waals surface area contributed by atoms with Crippen LogP contribution in [-0.2, 0) is 11.8 Å². The second-order valence-electron chi connectivity index (χ2n) is 3.70. The fraction of sp³-hybridized carbons (Fsp3) is 0.667. The highest BCUT2D eigenvalue weighted by Crippen LogP contribution is 2.30. The first-order valence-corrected chi connectivity index (χ1v) is 5.78. The number of nitrogens with zero attached hydrogens (tertiary/aromatic N) is 2. The fourth-order valence-electron chi connectivity index (χ4n) is 2.00. The van der Waals surface area contributed by atoms with Gasteiger partial charge in [-0.3, -0.25) is 10.5 Å². The molecule has 15 heavy (non-hydrogen) atoms. The molecule has 0 radical (unpaired) electrons. The maximum absolute atomic E-state index is 5.64. The van der Waals surface area contributed by atoms with E-state index in [2.05, 4.69) is 26.5 Å². The lowest BCUT2D eigenvalue weighted by atomic mass is 10.1. The zero-order valence-corrected chi connectivity index (χ0v) is 10.2. The molecule has 1 aromatic heterocycles. The van der Waals surface area contributed by atoms with Crippen molar-refractivity contribution < 1.29 is 4.74 Å². The van der Waals surface area contributed by atoms with Crippen molar-refractivity contribution in [3.63, 3.8) is 0 Å². The maximum Gasteiger partial charge on any atom is 0.0901 e. The van der Waals surface area contributed by atoms with Crippen LogP contribution in [0.25, 0.3) is 0 Å². The highest BCUT2D eigenvalue weighted by Gasteiger charge is 2.30. The second kappa shape index (κ2) is 4.61. The molecule has 0 saturated carbocycles. The normalized spacial score (nSPS) is 23.3. The smallest absolute Gasteiger partial charge is 0.0901 e. The molecule has 6 heteroatoms. The number of hydrogen-bond donors (Lipinski definition) is 2. The molecule has 3 N–H and O–H groups in total. The SMILES string of the molecule is Cn1ncc(Br)c1C(NN)C1CCCO1. The number of hydrazine groups is 1. The van der Waals surface area contributed by atoms with Gasteiger partial charge < -0.3 is 4.74 Å². The Morgan fingerprint density at radius 2 is 2.60 bits per heavy atom. The third-order valence-electron chi connectivity index (χ3n) is 2.75. The van der Waals surface area contributed by atoms with Crippen LogP contribution in [0.5, 0.6) is 0 Å². The van der Waals surface area contributed by atoms with Crippen molar-refractivity contribution in [1.29, 1.82) is 0 Å². The van der Waals surface area contributed by atoms with Crippen molar-refractivity contribution in [1.82, 2.24) is 15.2 Å². The van der Waals surface area contributed by atoms with Gasteiger partial charge in [0.2, 0.25) is 0 Å². The van der Waals surface area contributed by atoms with E-state index in [0.717, 1.165) is 29.6 Å². The van der Waals surface area contributed by atoms with Crippen LogP contribution >= 0.6 is 15.9 Å². The number of aromatic nitrogens is 2. The van der Waals surface area contributed by atoms with Crippen molar-refractivity contribution >= 4 is 15.9 Å². The minimum atomic E-state index is -0.00521. The van der Waals surface area contributed by atoms with Crippen LogP contribution in [-0.4, -0.2) is 22.5 Å². The number of ether oxygens (including phenoxy) is 1. The van der Waals surface area contributed by atoms with Gasteiger partial charge in [0.25, 0.3) is 0 Å². The summed E-state index contributed by atoms with van der Waals surface area (Å²) in [6, 6.07) is -0.00521. The van der Waals surface area contributed by atoms with Crippen LogP contribution in [0.1, 0.15) is 24.6 Å². The molecule has 1 aromatic rings. The minimum Gasteiger partial charge on any atom is -0.376 e. The van der Waals surface area contributed by atoms with Crippen LogP contribution in [0.4, 0.5) is 0 Å². The molecule has 0 amide bonds. The van der Waals surface area contributed by atoms with Crippen LogP contribution in [0, 0.1) is 0 Å². The van der Waals surface area contributed by atoms with E-state index >= 15 is 0 Å². The molecule has 84 valence electrons. The van der Waals surface area contributed by atoms with E-state index in [9.17, 15) is 0 Å². The van der Waals surface area contributed by atoms with E-state index in [4.69, 9.17) is 10.6 Å². The molecule has 1 fully saturated rings. The van der Waals surface area contributed by atoms with Gasteiger partial charge in [-0.25, -0.2) is 5.43 Å². The summed E-state index contributed by atoms with van der Waals surface area (Å²) in [6.45, 7) is 0.818. The van der Waals surface area contributed by atoms with Gasteiger partial charge in [0.15, 0.2) is 0 Å². The molecule has 1 aliphatic heterocycles. The number of rotatable bonds is 3. The summed E-state index contributed by atoms with van der Waals surface area (Å²) >= 11 is 3.47. The van der Waals surface area contributed by atoms with Crippen LogP contribution in [0.3, 0.4) is 0 Å². The van der Waals surface area contributed by atoms with Gasteiger partial charge in [-0.2, -0.15) is 5.10 Å². The highest BCUT2D eigenvalue weighted by molar-refractivity contribution is 9.10. The molecule has 1 saturated heterocycles. The molecule has 0 aliphatic carbocycles. The summed E-state index contributed by atoms with van der Waals surface area (Å²) in [7, 11) is 1.90. The monoisotopic (exact) mass is 274 g/mol. The van der Waals surface area contributed by atoms with Gasteiger partial charge in [-0.05, 0) is 28.8 Å². The van der Waals surface area contributed by atoms with Gasteiger partial charge in [0.1, 0.15) is 0 Å². The van der Waals surface area contributed by atoms with Crippen molar-refractivity contribution in [2.75, 3.05) is 6.61 Å². The van der Waals surface area contributed by atoms with Gasteiger partial charge >= 0.3 is 0 Å². The summed E-state index contributed by atoms with van der Waals surface area (Å²) in [4.78, 5) is 0. The Bertz CT molecular complexity index is 315. The molecule has 0 aromatic carbocycles. The summed E-state index contributed by atoms with van der Waals surface area (Å²) in [5.74, 6) is 5.59. The Balaban J connectivity index is 2.25. The fourth-order valence-corrected chi connectivity index (χ4v) is 2.59. The van der Waals surface area contributed by atoms with E-state index in [-0.39, 0.29) is 12.1 Å². The molecular weight excluding hydrogens is 260 g/mol. The van der Waals surface area contributed by atoms with E-state index in [0.29, 0.717) is 0 Å². The third-order valence-corrected chi connectivity index (χ3v) is 3.36. The summed E-state index contributed by atoms with van der Waals surface area (Å²) in [5, 5.41) is 4.18. The number of nitrogens with one attached hydrogen (secondary N) is 1. The maximum atomic E-state index is 5.64. The largest absolute Gasteiger partial charge is 0.376 e. The molecule has 0 spiro atoms. The Morgan fingerprint density at radius 3 is 3.07 bits per heavy atom. The Labute approximate surface area is 97.1 Å². The van der Waals surface area contributed by atoms with E-state index in [1.165, 1.54) is 0 Å². The first-order valence-electron chi connectivity index (χ1n) is 4.99. The predicted molar refractivity (Wildman–Crippen MR) is 59.9 cm³/mol. The van der Waals surface area contributed by atoms with Crippen LogP contribution in [0.15, 0.2) is 10.7 Å². The van der Waals surface area contributed by atoms with Crippen molar-refractivity contribution in [2.24, 2.45) is 12.9 Å². The second-order valence-corrected chi connectivity index (χ2v) is 4.55. The molecule has 2 rings (SSSR count). The zero-order valence-electron chi connectivity index (χ0n) is 8.61. The Hall–Kier alpha value is -0.430. The topological polar surface area (TPSA) is 65.1 Å². The average Bonchev–Trinajstić information content (AvgIpc) is 2.83. The van der Waals surface area contributed by atoms with Gasteiger partial charge in [-0.15, -0.1) is 0 Å². The Kier molecular flexibility index (Phi) is 3.40. The summed E-state index contributed by atoms with van der Waals surface area (Å²) in [5.41, 5.74) is 3.84. The number of aryl methyl sites for hydroxylation is 1. The zero-order chi connectivity index (χ0) is 10.8. The number of halogens is 1. The summed E-state index contributed by atoms with van der Waals surface area (Å²) < 4.78 is 8.41. The first-order chi connectivity index (χ1) is 7.24. The predicted octanol–water partition coefficient (Wildman–Crippen LogP) is 0.866. The van der Waals surface area contributed by atoms with Crippen LogP contribution < -0.4 is 11.3 Å². The quantitative estimate of drug-likeness (QED) is 0.634. The highest BCUT2D eigenvalue weighted by atomic mass is 79.9. The molecule has 2 atom stereocenters. The number of nitrogens with two attached hydrogens (primary N) is 1. The van der Waals surface area contributed by atoms with Crippen LogP contribution in [0.2, 0.25) is 0 Å². The standard InChI is InChI=1S/C9H15BrN4O/c1-14-9(6(10)5-12-14)8(13-11)7-3-2-4-15-7/h5,7-8,13H,2-4,11H2,1H3. The lowest BCUT2D eigenvalue weighted by molar-refractivity contribution is 0.0756. The molecular formula is C9H15BrN4O. The molecule has 1 aliphatic rings. The lowest BCUT2D eigenvalue weighted by Gasteiger charge is -2.22. The van der Waals surface area contributed by atoms with Crippen molar-refractivity contribution in [2.45, 2.75) is 25.0 Å². The molecule has 2 heterocycles. The van der Waals surface area contributed by atoms with Gasteiger partial charge in [-0.1, -0.05) is 0 Å². The summed E-state index contributed by atoms with van der Waals surface area (Å²) in [6.07, 6.45) is 4.04. The lowest BCUT2D eigenvalue weighted by Crippen LogP contribution is -2.37.